The first kappa shape index (κ1) is 16.7. The van der Waals surface area contributed by atoms with E-state index in [1.165, 1.54) is 6.21 Å². The molecule has 0 fully saturated rings. The molecule has 24 heavy (non-hydrogen) atoms. The molecule has 1 aliphatic carbocycles. The highest BCUT2D eigenvalue weighted by Crippen LogP contribution is 2.36. The first-order valence-corrected chi connectivity index (χ1v) is 8.29. The molecule has 3 rings (SSSR count). The molecule has 3 nitrogen and oxygen atoms in total. The lowest BCUT2D eigenvalue weighted by Crippen LogP contribution is -2.19. The van der Waals surface area contributed by atoms with Gasteiger partial charge in [0.1, 0.15) is 5.76 Å². The van der Waals surface area contributed by atoms with Gasteiger partial charge in [-0.1, -0.05) is 41.4 Å². The van der Waals surface area contributed by atoms with E-state index >= 15 is 0 Å². The van der Waals surface area contributed by atoms with Crippen molar-refractivity contribution >= 4 is 40.9 Å². The fourth-order valence-electron chi connectivity index (χ4n) is 2.75. The quantitative estimate of drug-likeness (QED) is 0.719. The predicted molar refractivity (Wildman–Crippen MR) is 97.7 cm³/mol. The number of allylic oxidation sites excluding steroid dienone is 2. The van der Waals surface area contributed by atoms with Crippen LogP contribution < -0.4 is 0 Å². The zero-order valence-corrected chi connectivity index (χ0v) is 14.3. The topological polar surface area (TPSA) is 49.7 Å². The summed E-state index contributed by atoms with van der Waals surface area (Å²) >= 11 is 12.0. The first-order valence-electron chi connectivity index (χ1n) is 7.54. The molecule has 0 amide bonds. The number of carbonyl (C=O) groups is 1. The van der Waals surface area contributed by atoms with Gasteiger partial charge in [0, 0.05) is 29.1 Å². The number of benzene rings is 2. The van der Waals surface area contributed by atoms with E-state index in [-0.39, 0.29) is 23.0 Å². The highest BCUT2D eigenvalue weighted by Gasteiger charge is 2.28. The molecule has 2 aromatic carbocycles. The summed E-state index contributed by atoms with van der Waals surface area (Å²) in [5.74, 6) is -0.200. The lowest BCUT2D eigenvalue weighted by atomic mass is 9.83. The molecule has 0 bridgehead atoms. The van der Waals surface area contributed by atoms with Crippen LogP contribution in [0.2, 0.25) is 10.0 Å². The van der Waals surface area contributed by atoms with Crippen molar-refractivity contribution in [3.63, 3.8) is 0 Å². The molecule has 122 valence electrons. The SMILES string of the molecule is O=C1CC(c2ccccc2Cl)CC(O)=C1C=Nc1ccc(Cl)cc1. The number of carbonyl (C=O) groups excluding carboxylic acids is 1. The Balaban J connectivity index is 1.82. The van der Waals surface area contributed by atoms with Crippen LogP contribution in [0.15, 0.2) is 64.9 Å². The van der Waals surface area contributed by atoms with Crippen molar-refractivity contribution in [1.29, 1.82) is 0 Å². The maximum Gasteiger partial charge on any atom is 0.168 e. The summed E-state index contributed by atoms with van der Waals surface area (Å²) in [7, 11) is 0. The van der Waals surface area contributed by atoms with Gasteiger partial charge in [0.2, 0.25) is 0 Å². The van der Waals surface area contributed by atoms with Gasteiger partial charge in [0.15, 0.2) is 5.78 Å². The number of aliphatic hydroxyl groups is 1. The van der Waals surface area contributed by atoms with E-state index in [0.29, 0.717) is 28.6 Å². The van der Waals surface area contributed by atoms with Crippen LogP contribution in [0, 0.1) is 0 Å². The fraction of sp³-hybridized carbons (Fsp3) is 0.158. The maximum atomic E-state index is 12.4. The molecule has 0 saturated carbocycles. The number of halogens is 2. The predicted octanol–water partition coefficient (Wildman–Crippen LogP) is 5.65. The number of aliphatic imine (C=N–C) groups is 1. The van der Waals surface area contributed by atoms with E-state index in [9.17, 15) is 9.90 Å². The van der Waals surface area contributed by atoms with E-state index < -0.39 is 0 Å². The van der Waals surface area contributed by atoms with Crippen molar-refractivity contribution in [2.75, 3.05) is 0 Å². The summed E-state index contributed by atoms with van der Waals surface area (Å²) in [5.41, 5.74) is 1.81. The van der Waals surface area contributed by atoms with Gasteiger partial charge in [-0.2, -0.15) is 0 Å². The van der Waals surface area contributed by atoms with Gasteiger partial charge in [-0.3, -0.25) is 9.79 Å². The average Bonchev–Trinajstić information content (AvgIpc) is 2.56. The summed E-state index contributed by atoms with van der Waals surface area (Å²) in [6, 6.07) is 14.3. The van der Waals surface area contributed by atoms with Crippen LogP contribution in [0.1, 0.15) is 24.3 Å². The smallest absolute Gasteiger partial charge is 0.168 e. The largest absolute Gasteiger partial charge is 0.511 e. The fourth-order valence-corrected chi connectivity index (χ4v) is 3.17. The minimum atomic E-state index is -0.138. The van der Waals surface area contributed by atoms with E-state index in [4.69, 9.17) is 23.2 Å². The molecular weight excluding hydrogens is 345 g/mol. The lowest BCUT2D eigenvalue weighted by molar-refractivity contribution is -0.116. The van der Waals surface area contributed by atoms with Crippen LogP contribution in [0.25, 0.3) is 0 Å². The zero-order chi connectivity index (χ0) is 17.1. The highest BCUT2D eigenvalue weighted by molar-refractivity contribution is 6.31. The Hall–Kier alpha value is -2.10. The minimum Gasteiger partial charge on any atom is -0.511 e. The molecule has 0 spiro atoms. The van der Waals surface area contributed by atoms with Gasteiger partial charge in [0.05, 0.1) is 11.3 Å². The van der Waals surface area contributed by atoms with E-state index in [2.05, 4.69) is 4.99 Å². The second-order valence-corrected chi connectivity index (χ2v) is 6.49. The molecule has 2 aromatic rings. The van der Waals surface area contributed by atoms with Crippen molar-refractivity contribution in [3.05, 3.63) is 75.5 Å². The van der Waals surface area contributed by atoms with Crippen molar-refractivity contribution in [1.82, 2.24) is 0 Å². The normalized spacial score (nSPS) is 18.4. The van der Waals surface area contributed by atoms with Crippen molar-refractivity contribution in [2.24, 2.45) is 4.99 Å². The van der Waals surface area contributed by atoms with Crippen molar-refractivity contribution in [3.8, 4) is 0 Å². The lowest BCUT2D eigenvalue weighted by Gasteiger charge is -2.23. The molecule has 0 radical (unpaired) electrons. The van der Waals surface area contributed by atoms with E-state index in [1.54, 1.807) is 30.3 Å². The van der Waals surface area contributed by atoms with Gasteiger partial charge < -0.3 is 5.11 Å². The van der Waals surface area contributed by atoms with Crippen molar-refractivity contribution < 1.29 is 9.90 Å². The summed E-state index contributed by atoms with van der Waals surface area (Å²) in [6.45, 7) is 0. The Kier molecular flexibility index (Phi) is 5.03. The molecule has 0 saturated heterocycles. The van der Waals surface area contributed by atoms with Crippen LogP contribution in [-0.4, -0.2) is 17.1 Å². The van der Waals surface area contributed by atoms with Crippen LogP contribution in [0.5, 0.6) is 0 Å². The number of aliphatic hydroxyl groups excluding tert-OH is 1. The number of hydrogen-bond donors (Lipinski definition) is 1. The number of rotatable bonds is 3. The van der Waals surface area contributed by atoms with Gasteiger partial charge in [-0.05, 0) is 41.8 Å². The molecule has 1 aliphatic rings. The van der Waals surface area contributed by atoms with Crippen LogP contribution in [0.4, 0.5) is 5.69 Å². The van der Waals surface area contributed by atoms with Gasteiger partial charge in [-0.25, -0.2) is 0 Å². The monoisotopic (exact) mass is 359 g/mol. The van der Waals surface area contributed by atoms with Gasteiger partial charge in [-0.15, -0.1) is 0 Å². The molecular formula is C19H15Cl2NO2. The summed E-state index contributed by atoms with van der Waals surface area (Å²) in [4.78, 5) is 16.6. The molecule has 1 unspecified atom stereocenters. The van der Waals surface area contributed by atoms with E-state index in [0.717, 1.165) is 5.56 Å². The van der Waals surface area contributed by atoms with E-state index in [1.807, 2.05) is 18.2 Å². The van der Waals surface area contributed by atoms with Gasteiger partial charge >= 0.3 is 0 Å². The zero-order valence-electron chi connectivity index (χ0n) is 12.7. The molecule has 5 heteroatoms. The molecule has 0 heterocycles. The summed E-state index contributed by atoms with van der Waals surface area (Å²) < 4.78 is 0. The molecule has 0 aliphatic heterocycles. The second-order valence-electron chi connectivity index (χ2n) is 5.64. The van der Waals surface area contributed by atoms with Crippen LogP contribution in [0.3, 0.4) is 0 Å². The average molecular weight is 360 g/mol. The van der Waals surface area contributed by atoms with Crippen LogP contribution >= 0.6 is 23.2 Å². The number of hydrogen-bond acceptors (Lipinski definition) is 3. The number of Topliss-reactive ketones (excluding diaryl/α,β-unsaturated/α-hetero) is 1. The minimum absolute atomic E-state index is 0.0499. The third-order valence-electron chi connectivity index (χ3n) is 4.00. The Morgan fingerprint density at radius 3 is 2.42 bits per heavy atom. The van der Waals surface area contributed by atoms with Crippen molar-refractivity contribution in [2.45, 2.75) is 18.8 Å². The highest BCUT2D eigenvalue weighted by atomic mass is 35.5. The second kappa shape index (κ2) is 7.20. The first-order chi connectivity index (χ1) is 11.5. The number of nitrogens with zero attached hydrogens (tertiary/aromatic N) is 1. The van der Waals surface area contributed by atoms with Gasteiger partial charge in [0.25, 0.3) is 0 Å². The Labute approximate surface area is 150 Å². The third-order valence-corrected chi connectivity index (χ3v) is 4.59. The Morgan fingerprint density at radius 2 is 1.75 bits per heavy atom. The Bertz CT molecular complexity index is 826. The maximum absolute atomic E-state index is 12.4. The molecule has 0 aromatic heterocycles. The third kappa shape index (κ3) is 3.69. The Morgan fingerprint density at radius 1 is 1.04 bits per heavy atom. The number of ketones is 1. The molecule has 1 N–H and O–H groups in total. The summed E-state index contributed by atoms with van der Waals surface area (Å²) in [5, 5.41) is 11.5. The summed E-state index contributed by atoms with van der Waals surface area (Å²) in [6.07, 6.45) is 2.09. The van der Waals surface area contributed by atoms with Crippen LogP contribution in [-0.2, 0) is 4.79 Å². The standard InChI is InChI=1S/C19H15Cl2NO2/c20-13-5-7-14(8-6-13)22-11-16-18(23)9-12(10-19(16)24)15-3-1-2-4-17(15)21/h1-8,11-12,23H,9-10H2. The molecule has 1 atom stereocenters.